The summed E-state index contributed by atoms with van der Waals surface area (Å²) >= 11 is 1.27. The van der Waals surface area contributed by atoms with E-state index in [9.17, 15) is 10.1 Å². The Morgan fingerprint density at radius 3 is 2.90 bits per heavy atom. The summed E-state index contributed by atoms with van der Waals surface area (Å²) in [6.07, 6.45) is 3.46. The first kappa shape index (κ1) is 15.8. The van der Waals surface area contributed by atoms with E-state index in [1.807, 2.05) is 13.8 Å². The Morgan fingerprint density at radius 1 is 1.57 bits per heavy atom. The van der Waals surface area contributed by atoms with Gasteiger partial charge in [0.2, 0.25) is 0 Å². The molecular weight excluding hydrogens is 286 g/mol. The Balaban J connectivity index is 2.13. The number of nitrogens with two attached hydrogens (primary N) is 1. The fraction of sp³-hybridized carbons (Fsp3) is 0.600. The summed E-state index contributed by atoms with van der Waals surface area (Å²) in [5, 5.41) is 13.2. The highest BCUT2D eigenvalue weighted by molar-refractivity contribution is 7.19. The lowest BCUT2D eigenvalue weighted by Gasteiger charge is -2.22. The SMILES string of the molecule is CC(C)C(=O)c1sc(NCC2CCCCO2)c(C#N)c1N. The zero-order valence-electron chi connectivity index (χ0n) is 12.4. The monoisotopic (exact) mass is 307 g/mol. The number of hydrogen-bond donors (Lipinski definition) is 2. The van der Waals surface area contributed by atoms with E-state index in [-0.39, 0.29) is 17.8 Å². The summed E-state index contributed by atoms with van der Waals surface area (Å²) in [6, 6.07) is 2.10. The summed E-state index contributed by atoms with van der Waals surface area (Å²) in [6.45, 7) is 5.10. The molecule has 1 saturated heterocycles. The largest absolute Gasteiger partial charge is 0.396 e. The van der Waals surface area contributed by atoms with Gasteiger partial charge < -0.3 is 15.8 Å². The molecule has 114 valence electrons. The summed E-state index contributed by atoms with van der Waals surface area (Å²) in [5.74, 6) is -0.150. The summed E-state index contributed by atoms with van der Waals surface area (Å²) in [4.78, 5) is 12.6. The van der Waals surface area contributed by atoms with Crippen molar-refractivity contribution in [2.45, 2.75) is 39.2 Å². The molecule has 1 aliphatic rings. The molecule has 1 aliphatic heterocycles. The van der Waals surface area contributed by atoms with Crippen molar-refractivity contribution in [3.8, 4) is 6.07 Å². The highest BCUT2D eigenvalue weighted by Crippen LogP contribution is 2.36. The van der Waals surface area contributed by atoms with E-state index in [2.05, 4.69) is 11.4 Å². The topological polar surface area (TPSA) is 88.1 Å². The zero-order chi connectivity index (χ0) is 15.4. The lowest BCUT2D eigenvalue weighted by molar-refractivity contribution is 0.0248. The van der Waals surface area contributed by atoms with Crippen LogP contribution in [0.3, 0.4) is 0 Å². The molecule has 21 heavy (non-hydrogen) atoms. The number of anilines is 2. The second kappa shape index (κ2) is 6.92. The van der Waals surface area contributed by atoms with Crippen molar-refractivity contribution in [3.05, 3.63) is 10.4 Å². The van der Waals surface area contributed by atoms with E-state index in [1.54, 1.807) is 0 Å². The van der Waals surface area contributed by atoms with Crippen LogP contribution in [0.1, 0.15) is 48.3 Å². The van der Waals surface area contributed by atoms with Gasteiger partial charge >= 0.3 is 0 Å². The minimum Gasteiger partial charge on any atom is -0.396 e. The van der Waals surface area contributed by atoms with Crippen LogP contribution in [0.15, 0.2) is 0 Å². The van der Waals surface area contributed by atoms with Crippen LogP contribution < -0.4 is 11.1 Å². The standard InChI is InChI=1S/C15H21N3O2S/c1-9(2)13(19)14-12(17)11(7-16)15(21-14)18-8-10-5-3-4-6-20-10/h9-10,18H,3-6,8,17H2,1-2H3. The molecule has 0 spiro atoms. The molecule has 2 rings (SSSR count). The minimum atomic E-state index is -0.132. The van der Waals surface area contributed by atoms with E-state index in [0.29, 0.717) is 27.7 Å². The predicted octanol–water partition coefficient (Wildman–Crippen LogP) is 3.02. The lowest BCUT2D eigenvalue weighted by Crippen LogP contribution is -2.26. The van der Waals surface area contributed by atoms with Gasteiger partial charge in [0, 0.05) is 19.1 Å². The molecule has 0 bridgehead atoms. The third-order valence-corrected chi connectivity index (χ3v) is 4.75. The number of Topliss-reactive ketones (excluding diaryl/α,β-unsaturated/α-hetero) is 1. The number of nitriles is 1. The molecule has 0 amide bonds. The van der Waals surface area contributed by atoms with E-state index in [0.717, 1.165) is 19.4 Å². The van der Waals surface area contributed by atoms with Crippen LogP contribution in [0.2, 0.25) is 0 Å². The molecule has 2 heterocycles. The third-order valence-electron chi connectivity index (χ3n) is 3.57. The van der Waals surface area contributed by atoms with Crippen LogP contribution in [0.5, 0.6) is 0 Å². The Kier molecular flexibility index (Phi) is 5.21. The van der Waals surface area contributed by atoms with Crippen molar-refractivity contribution in [3.63, 3.8) is 0 Å². The van der Waals surface area contributed by atoms with Crippen LogP contribution in [0.25, 0.3) is 0 Å². The maximum absolute atomic E-state index is 12.1. The molecule has 1 atom stereocenters. The molecule has 0 saturated carbocycles. The van der Waals surface area contributed by atoms with Crippen LogP contribution in [0, 0.1) is 17.2 Å². The van der Waals surface area contributed by atoms with Crippen molar-refractivity contribution in [2.75, 3.05) is 24.2 Å². The van der Waals surface area contributed by atoms with Gasteiger partial charge in [-0.1, -0.05) is 13.8 Å². The van der Waals surface area contributed by atoms with Crippen molar-refractivity contribution in [2.24, 2.45) is 5.92 Å². The molecule has 0 aliphatic carbocycles. The van der Waals surface area contributed by atoms with Gasteiger partial charge in [-0.05, 0) is 19.3 Å². The van der Waals surface area contributed by atoms with Gasteiger partial charge in [0.25, 0.3) is 0 Å². The molecule has 0 radical (unpaired) electrons. The lowest BCUT2D eigenvalue weighted by atomic mass is 10.1. The molecule has 1 unspecified atom stereocenters. The molecule has 5 nitrogen and oxygen atoms in total. The first-order valence-corrected chi connectivity index (χ1v) is 8.08. The Hall–Kier alpha value is -1.58. The fourth-order valence-electron chi connectivity index (χ4n) is 2.30. The van der Waals surface area contributed by atoms with Crippen molar-refractivity contribution < 1.29 is 9.53 Å². The van der Waals surface area contributed by atoms with Gasteiger partial charge in [-0.15, -0.1) is 11.3 Å². The van der Waals surface area contributed by atoms with Crippen LogP contribution in [-0.4, -0.2) is 25.0 Å². The second-order valence-electron chi connectivity index (χ2n) is 5.55. The summed E-state index contributed by atoms with van der Waals surface area (Å²) in [5.41, 5.74) is 6.63. The van der Waals surface area contributed by atoms with Crippen LogP contribution in [0.4, 0.5) is 10.7 Å². The maximum Gasteiger partial charge on any atom is 0.177 e. The van der Waals surface area contributed by atoms with Crippen LogP contribution in [-0.2, 0) is 4.74 Å². The highest BCUT2D eigenvalue weighted by Gasteiger charge is 2.23. The number of ketones is 1. The first-order valence-electron chi connectivity index (χ1n) is 7.26. The van der Waals surface area contributed by atoms with E-state index >= 15 is 0 Å². The normalized spacial score (nSPS) is 18.5. The van der Waals surface area contributed by atoms with Gasteiger partial charge in [-0.25, -0.2) is 0 Å². The van der Waals surface area contributed by atoms with Gasteiger partial charge in [0.05, 0.1) is 16.7 Å². The molecule has 1 fully saturated rings. The quantitative estimate of drug-likeness (QED) is 0.816. The summed E-state index contributed by atoms with van der Waals surface area (Å²) < 4.78 is 5.66. The number of rotatable bonds is 5. The smallest absolute Gasteiger partial charge is 0.177 e. The van der Waals surface area contributed by atoms with Gasteiger partial charge in [-0.2, -0.15) is 5.26 Å². The molecule has 0 aromatic carbocycles. The average molecular weight is 307 g/mol. The average Bonchev–Trinajstić information content (AvgIpc) is 2.81. The number of carbonyl (C=O) groups is 1. The Morgan fingerprint density at radius 2 is 2.33 bits per heavy atom. The molecule has 3 N–H and O–H groups in total. The molecule has 1 aromatic heterocycles. The van der Waals surface area contributed by atoms with Gasteiger partial charge in [0.1, 0.15) is 16.6 Å². The van der Waals surface area contributed by atoms with Gasteiger partial charge in [-0.3, -0.25) is 4.79 Å². The number of nitrogens with zero attached hydrogens (tertiary/aromatic N) is 1. The Bertz CT molecular complexity index is 554. The number of carbonyl (C=O) groups excluding carboxylic acids is 1. The van der Waals surface area contributed by atoms with Crippen molar-refractivity contribution in [1.29, 1.82) is 5.26 Å². The number of nitrogen functional groups attached to an aromatic ring is 1. The second-order valence-corrected chi connectivity index (χ2v) is 6.57. The number of ether oxygens (including phenoxy) is 1. The van der Waals surface area contributed by atoms with Crippen LogP contribution >= 0.6 is 11.3 Å². The van der Waals surface area contributed by atoms with Gasteiger partial charge in [0.15, 0.2) is 5.78 Å². The van der Waals surface area contributed by atoms with E-state index in [4.69, 9.17) is 10.5 Å². The molecule has 1 aromatic rings. The van der Waals surface area contributed by atoms with E-state index in [1.165, 1.54) is 17.8 Å². The zero-order valence-corrected chi connectivity index (χ0v) is 13.3. The minimum absolute atomic E-state index is 0.0176. The number of thiophene rings is 1. The fourth-order valence-corrected chi connectivity index (χ4v) is 3.47. The number of nitrogens with one attached hydrogen (secondary N) is 1. The number of hydrogen-bond acceptors (Lipinski definition) is 6. The molecular formula is C15H21N3O2S. The van der Waals surface area contributed by atoms with E-state index < -0.39 is 0 Å². The highest BCUT2D eigenvalue weighted by atomic mass is 32.1. The predicted molar refractivity (Wildman–Crippen MR) is 84.7 cm³/mol. The third kappa shape index (κ3) is 3.55. The first-order chi connectivity index (χ1) is 10.0. The molecule has 6 heteroatoms. The Labute approximate surface area is 129 Å². The summed E-state index contributed by atoms with van der Waals surface area (Å²) in [7, 11) is 0. The van der Waals surface area contributed by atoms with Crippen molar-refractivity contribution in [1.82, 2.24) is 0 Å². The van der Waals surface area contributed by atoms with Crippen molar-refractivity contribution >= 4 is 27.8 Å². The maximum atomic E-state index is 12.1.